The number of hydrogen-bond donors (Lipinski definition) is 1. The Balaban J connectivity index is 1.77. The fourth-order valence-electron chi connectivity index (χ4n) is 3.02. The molecule has 0 spiro atoms. The van der Waals surface area contributed by atoms with Crippen molar-refractivity contribution >= 4 is 51.7 Å². The number of rotatable bonds is 7. The highest BCUT2D eigenvalue weighted by molar-refractivity contribution is 8.19. The quantitative estimate of drug-likeness (QED) is 0.553. The van der Waals surface area contributed by atoms with Crippen LogP contribution in [-0.2, 0) is 11.2 Å². The van der Waals surface area contributed by atoms with Crippen LogP contribution < -0.4 is 5.32 Å². The molecule has 28 heavy (non-hydrogen) atoms. The largest absolute Gasteiger partial charge is 0.462 e. The van der Waals surface area contributed by atoms with Crippen molar-refractivity contribution < 1.29 is 14.3 Å². The Bertz CT molecular complexity index is 824. The van der Waals surface area contributed by atoms with Crippen molar-refractivity contribution in [2.45, 2.75) is 31.8 Å². The summed E-state index contributed by atoms with van der Waals surface area (Å²) in [6.45, 7) is 6.30. The van der Waals surface area contributed by atoms with Crippen LogP contribution in [0.1, 0.15) is 57.2 Å². The van der Waals surface area contributed by atoms with Crippen LogP contribution in [0.3, 0.4) is 0 Å². The molecule has 0 radical (unpaired) electrons. The molecule has 0 saturated carbocycles. The molecule has 2 aromatic rings. The molecule has 1 N–H and O–H groups in total. The molecular formula is C21H25NO3S3. The molecule has 3 rings (SSSR count). The lowest BCUT2D eigenvalue weighted by atomic mass is 10.0. The van der Waals surface area contributed by atoms with Crippen LogP contribution in [0.5, 0.6) is 0 Å². The minimum Gasteiger partial charge on any atom is -0.462 e. The third-order valence-corrected chi connectivity index (χ3v) is 8.32. The molecule has 0 aliphatic carbocycles. The minimum absolute atomic E-state index is 0.207. The Morgan fingerprint density at radius 1 is 1.18 bits per heavy atom. The summed E-state index contributed by atoms with van der Waals surface area (Å²) >= 11 is 5.26. The van der Waals surface area contributed by atoms with Crippen molar-refractivity contribution in [3.05, 3.63) is 51.9 Å². The fourth-order valence-corrected chi connectivity index (χ4v) is 6.84. The highest BCUT2D eigenvalue weighted by Crippen LogP contribution is 2.45. The molecule has 1 fully saturated rings. The van der Waals surface area contributed by atoms with Crippen molar-refractivity contribution in [1.29, 1.82) is 0 Å². The second-order valence-electron chi connectivity index (χ2n) is 6.93. The lowest BCUT2D eigenvalue weighted by molar-refractivity contribution is 0.0527. The normalized spacial score (nSPS) is 14.4. The Labute approximate surface area is 178 Å². The molecule has 1 aromatic heterocycles. The van der Waals surface area contributed by atoms with Crippen molar-refractivity contribution in [2.75, 3.05) is 23.4 Å². The Kier molecular flexibility index (Phi) is 7.48. The summed E-state index contributed by atoms with van der Waals surface area (Å²) in [6.07, 6.45) is 0.770. The number of ether oxygens (including phenoxy) is 1. The Morgan fingerprint density at radius 3 is 2.46 bits per heavy atom. The van der Waals surface area contributed by atoms with Gasteiger partial charge >= 0.3 is 5.97 Å². The number of esters is 1. The molecule has 1 amide bonds. The molecule has 1 aliphatic heterocycles. The first-order valence-electron chi connectivity index (χ1n) is 9.41. The number of anilines is 1. The van der Waals surface area contributed by atoms with Gasteiger partial charge in [-0.15, -0.1) is 34.9 Å². The van der Waals surface area contributed by atoms with E-state index in [1.807, 2.05) is 53.2 Å². The molecule has 0 atom stereocenters. The number of thiophene rings is 1. The van der Waals surface area contributed by atoms with Gasteiger partial charge in [0.15, 0.2) is 0 Å². The molecule has 4 nitrogen and oxygen atoms in total. The minimum atomic E-state index is -0.375. The van der Waals surface area contributed by atoms with E-state index in [-0.39, 0.29) is 11.9 Å². The average Bonchev–Trinajstić information content (AvgIpc) is 3.32. The number of thioether (sulfide) groups is 2. The first-order chi connectivity index (χ1) is 13.5. The van der Waals surface area contributed by atoms with Crippen LogP contribution in [0.2, 0.25) is 0 Å². The Morgan fingerprint density at radius 2 is 1.86 bits per heavy atom. The molecule has 0 bridgehead atoms. The summed E-state index contributed by atoms with van der Waals surface area (Å²) in [4.78, 5) is 25.2. The van der Waals surface area contributed by atoms with Gasteiger partial charge in [-0.3, -0.25) is 4.79 Å². The third kappa shape index (κ3) is 5.13. The highest BCUT2D eigenvalue weighted by atomic mass is 32.2. The van der Waals surface area contributed by atoms with Gasteiger partial charge in [-0.25, -0.2) is 4.79 Å². The van der Waals surface area contributed by atoms with Crippen LogP contribution in [0.15, 0.2) is 29.6 Å². The van der Waals surface area contributed by atoms with Gasteiger partial charge in [0.05, 0.1) is 16.8 Å². The maximum absolute atomic E-state index is 12.7. The van der Waals surface area contributed by atoms with Crippen molar-refractivity contribution in [2.24, 2.45) is 5.92 Å². The highest BCUT2D eigenvalue weighted by Gasteiger charge is 2.23. The predicted octanol–water partition coefficient (Wildman–Crippen LogP) is 5.85. The molecule has 1 aromatic carbocycles. The van der Waals surface area contributed by atoms with Crippen LogP contribution in [-0.4, -0.2) is 30.0 Å². The molecule has 150 valence electrons. The fraction of sp³-hybridized carbons (Fsp3) is 0.429. The van der Waals surface area contributed by atoms with E-state index in [9.17, 15) is 9.59 Å². The summed E-state index contributed by atoms with van der Waals surface area (Å²) in [7, 11) is 0. The molecular weight excluding hydrogens is 410 g/mol. The molecule has 1 saturated heterocycles. The molecule has 2 heterocycles. The van der Waals surface area contributed by atoms with E-state index in [1.54, 1.807) is 6.92 Å². The SMILES string of the molecule is CCOC(=O)c1c(CC(C)C)csc1NC(=O)c1ccc(C2SCCS2)cc1. The number of carbonyl (C=O) groups excluding carboxylic acids is 2. The second-order valence-corrected chi connectivity index (χ2v) is 10.5. The predicted molar refractivity (Wildman–Crippen MR) is 121 cm³/mol. The van der Waals surface area contributed by atoms with E-state index in [1.165, 1.54) is 28.4 Å². The summed E-state index contributed by atoms with van der Waals surface area (Å²) < 4.78 is 5.68. The van der Waals surface area contributed by atoms with E-state index in [0.29, 0.717) is 33.2 Å². The van der Waals surface area contributed by atoms with E-state index in [0.717, 1.165) is 12.0 Å². The topological polar surface area (TPSA) is 55.4 Å². The van der Waals surface area contributed by atoms with Gasteiger partial charge in [0.2, 0.25) is 0 Å². The zero-order chi connectivity index (χ0) is 20.1. The number of benzene rings is 1. The maximum Gasteiger partial charge on any atom is 0.341 e. The lowest BCUT2D eigenvalue weighted by Gasteiger charge is -2.11. The van der Waals surface area contributed by atoms with Crippen LogP contribution in [0, 0.1) is 5.92 Å². The number of carbonyl (C=O) groups is 2. The van der Waals surface area contributed by atoms with Gasteiger partial charge in [-0.1, -0.05) is 26.0 Å². The molecule has 7 heteroatoms. The summed E-state index contributed by atoms with van der Waals surface area (Å²) in [5, 5.41) is 5.42. The first kappa shape index (κ1) is 21.3. The van der Waals surface area contributed by atoms with Crippen molar-refractivity contribution in [1.82, 2.24) is 0 Å². The Hall–Kier alpha value is -1.44. The maximum atomic E-state index is 12.7. The number of nitrogens with one attached hydrogen (secondary N) is 1. The van der Waals surface area contributed by atoms with Gasteiger partial charge in [-0.05, 0) is 47.9 Å². The monoisotopic (exact) mass is 435 g/mol. The smallest absolute Gasteiger partial charge is 0.341 e. The van der Waals surface area contributed by atoms with Gasteiger partial charge in [0, 0.05) is 17.1 Å². The lowest BCUT2D eigenvalue weighted by Crippen LogP contribution is -2.15. The number of amides is 1. The van der Waals surface area contributed by atoms with E-state index in [2.05, 4.69) is 19.2 Å². The van der Waals surface area contributed by atoms with Crippen molar-refractivity contribution in [3.63, 3.8) is 0 Å². The summed E-state index contributed by atoms with van der Waals surface area (Å²) in [5.41, 5.74) is 3.25. The zero-order valence-electron chi connectivity index (χ0n) is 16.3. The van der Waals surface area contributed by atoms with E-state index in [4.69, 9.17) is 4.74 Å². The molecule has 0 unspecified atom stereocenters. The van der Waals surface area contributed by atoms with Crippen molar-refractivity contribution in [3.8, 4) is 0 Å². The summed E-state index contributed by atoms with van der Waals surface area (Å²) in [5.74, 6) is 2.17. The van der Waals surface area contributed by atoms with E-state index < -0.39 is 0 Å². The van der Waals surface area contributed by atoms with Gasteiger partial charge in [0.1, 0.15) is 5.00 Å². The molecule has 1 aliphatic rings. The van der Waals surface area contributed by atoms with Gasteiger partial charge in [-0.2, -0.15) is 0 Å². The standard InChI is InChI=1S/C21H25NO3S3/c1-4-25-20(24)17-16(11-13(2)3)12-28-19(17)22-18(23)14-5-7-15(8-6-14)21-26-9-10-27-21/h5-8,12-13,21H,4,9-11H2,1-3H3,(H,22,23). The van der Waals surface area contributed by atoms with Crippen LogP contribution in [0.25, 0.3) is 0 Å². The van der Waals surface area contributed by atoms with Crippen LogP contribution >= 0.6 is 34.9 Å². The van der Waals surface area contributed by atoms with Crippen LogP contribution in [0.4, 0.5) is 5.00 Å². The average molecular weight is 436 g/mol. The second kappa shape index (κ2) is 9.85. The third-order valence-electron chi connectivity index (χ3n) is 4.27. The van der Waals surface area contributed by atoms with Gasteiger partial charge < -0.3 is 10.1 Å². The number of hydrogen-bond acceptors (Lipinski definition) is 6. The summed E-state index contributed by atoms with van der Waals surface area (Å²) in [6, 6.07) is 7.76. The first-order valence-corrected chi connectivity index (χ1v) is 12.4. The zero-order valence-corrected chi connectivity index (χ0v) is 18.8. The van der Waals surface area contributed by atoms with E-state index >= 15 is 0 Å². The van der Waals surface area contributed by atoms with Gasteiger partial charge in [0.25, 0.3) is 5.91 Å².